The predicted octanol–water partition coefficient (Wildman–Crippen LogP) is -0.750. The number of nitrogens with zero attached hydrogens (tertiary/aromatic N) is 2. The lowest BCUT2D eigenvalue weighted by Crippen LogP contribution is -2.18. The van der Waals surface area contributed by atoms with Crippen molar-refractivity contribution in [1.29, 1.82) is 0 Å². The molecule has 18 heavy (non-hydrogen) atoms. The van der Waals surface area contributed by atoms with Crippen LogP contribution < -0.4 is 0 Å². The number of aromatic nitrogens is 2. The zero-order valence-electron chi connectivity index (χ0n) is 8.52. The normalized spacial score (nSPS) is 14.3. The van der Waals surface area contributed by atoms with Crippen molar-refractivity contribution in [2.75, 3.05) is 0 Å². The van der Waals surface area contributed by atoms with Gasteiger partial charge in [-0.25, -0.2) is 14.8 Å². The second-order valence-corrected chi connectivity index (χ2v) is 6.99. The van der Waals surface area contributed by atoms with E-state index in [0.29, 0.717) is 0 Å². The lowest BCUT2D eigenvalue weighted by atomic mass is 10.4. The minimum absolute atomic E-state index is 0.272. The molecule has 100 valence electrons. The minimum atomic E-state index is -5.12. The summed E-state index contributed by atoms with van der Waals surface area (Å²) in [4.78, 5) is 63.0. The predicted molar refractivity (Wildman–Crippen MR) is 62.7 cm³/mol. The Morgan fingerprint density at radius 3 is 2.06 bits per heavy atom. The van der Waals surface area contributed by atoms with Gasteiger partial charge in [-0.1, -0.05) is 0 Å². The van der Waals surface area contributed by atoms with Crippen LogP contribution in [0.25, 0.3) is 0 Å². The van der Waals surface area contributed by atoms with Crippen molar-refractivity contribution in [2.24, 2.45) is 0 Å². The third kappa shape index (κ3) is 3.78. The zero-order valence-corrected chi connectivity index (χ0v) is 11.2. The van der Waals surface area contributed by atoms with Crippen LogP contribution in [-0.4, -0.2) is 40.0 Å². The van der Waals surface area contributed by atoms with Crippen LogP contribution in [0.2, 0.25) is 0 Å². The van der Waals surface area contributed by atoms with Gasteiger partial charge in [0.2, 0.25) is 5.66 Å². The summed E-state index contributed by atoms with van der Waals surface area (Å²) in [6, 6.07) is 0. The Kier molecular flexibility index (Phi) is 4.58. The number of rotatable bonds is 4. The van der Waals surface area contributed by atoms with E-state index >= 15 is 0 Å². The van der Waals surface area contributed by atoms with Gasteiger partial charge in [-0.15, -0.1) is 12.6 Å². The van der Waals surface area contributed by atoms with Gasteiger partial charge in [-0.3, -0.25) is 4.57 Å². The smallest absolute Gasteiger partial charge is 0.323 e. The standard InChI is InChI=1S/C6H8N2O7P2S/c9-6(17(13,14)15)4(16(10,11)12)5-7-1-3(18)2-8-5/h1-2,4,13-15H,(H2-,10,11,12,18)/p+1. The van der Waals surface area contributed by atoms with Crippen molar-refractivity contribution in [1.82, 2.24) is 9.97 Å². The molecule has 0 aliphatic heterocycles. The molecule has 0 saturated heterocycles. The highest BCUT2D eigenvalue weighted by Gasteiger charge is 2.56. The van der Waals surface area contributed by atoms with Gasteiger partial charge in [0.05, 0.1) is 0 Å². The third-order valence-electron chi connectivity index (χ3n) is 1.77. The first-order chi connectivity index (χ1) is 8.03. The van der Waals surface area contributed by atoms with E-state index in [4.69, 9.17) is 24.5 Å². The fraction of sp³-hybridized carbons (Fsp3) is 0.167. The highest BCUT2D eigenvalue weighted by molar-refractivity contribution is 7.80. The average molecular weight is 315 g/mol. The Morgan fingerprint density at radius 2 is 1.72 bits per heavy atom. The molecule has 0 saturated carbocycles. The van der Waals surface area contributed by atoms with E-state index in [2.05, 4.69) is 22.6 Å². The Bertz CT molecular complexity index is 496. The number of hydrogen-bond acceptors (Lipinski definition) is 8. The molecule has 1 aromatic rings. The molecule has 0 bridgehead atoms. The first-order valence-electron chi connectivity index (χ1n) is 4.21. The number of thiol groups is 1. The summed E-state index contributed by atoms with van der Waals surface area (Å²) in [5, 5.41) is 0. The van der Waals surface area contributed by atoms with Crippen LogP contribution in [0.3, 0.4) is 0 Å². The zero-order chi connectivity index (χ0) is 14.1. The monoisotopic (exact) mass is 315 g/mol. The van der Waals surface area contributed by atoms with Gasteiger partial charge in [0.25, 0.3) is 0 Å². The summed E-state index contributed by atoms with van der Waals surface area (Å²) < 4.78 is 11.2. The lowest BCUT2D eigenvalue weighted by molar-refractivity contribution is -0.114. The van der Waals surface area contributed by atoms with Crippen molar-refractivity contribution >= 4 is 33.7 Å². The summed E-state index contributed by atoms with van der Waals surface area (Å²) in [6.07, 6.45) is 2.13. The van der Waals surface area contributed by atoms with E-state index < -0.39 is 32.5 Å². The van der Waals surface area contributed by atoms with Crippen molar-refractivity contribution in [3.05, 3.63) is 18.2 Å². The summed E-state index contributed by atoms with van der Waals surface area (Å²) in [7, 11) is -10.2. The second-order valence-electron chi connectivity index (χ2n) is 3.20. The maximum atomic E-state index is 11.4. The summed E-state index contributed by atoms with van der Waals surface area (Å²) in [5.74, 6) is -0.632. The molecule has 0 amide bonds. The Balaban J connectivity index is 3.28. The molecule has 1 unspecified atom stereocenters. The lowest BCUT2D eigenvalue weighted by Gasteiger charge is -2.14. The molecule has 0 aromatic carbocycles. The van der Waals surface area contributed by atoms with E-state index in [0.717, 1.165) is 12.4 Å². The molecular weight excluding hydrogens is 306 g/mol. The third-order valence-corrected chi connectivity index (χ3v) is 4.19. The van der Waals surface area contributed by atoms with Gasteiger partial charge < -0.3 is 9.79 Å². The molecule has 5 N–H and O–H groups in total. The van der Waals surface area contributed by atoms with Crippen LogP contribution >= 0.6 is 28.2 Å². The molecule has 0 aliphatic rings. The van der Waals surface area contributed by atoms with E-state index in [1.54, 1.807) is 0 Å². The van der Waals surface area contributed by atoms with E-state index in [-0.39, 0.29) is 4.90 Å². The largest absolute Gasteiger partial charge is 0.480 e. The molecule has 1 atom stereocenters. The molecule has 0 radical (unpaired) electrons. The quantitative estimate of drug-likeness (QED) is 0.310. The summed E-state index contributed by atoms with van der Waals surface area (Å²) >= 11 is 3.84. The molecule has 1 aromatic heterocycles. The molecular formula is C6H9N2O7P2S+. The Labute approximate surface area is 107 Å². The SMILES string of the molecule is O=C(C(c1ncc(S)cn1)P(=O)(O)O)[P+](O)(O)O. The number of carbonyl (C=O) groups is 1. The topological polar surface area (TPSA) is 161 Å². The fourth-order valence-corrected chi connectivity index (χ4v) is 3.24. The van der Waals surface area contributed by atoms with Gasteiger partial charge >= 0.3 is 21.1 Å². The second kappa shape index (κ2) is 5.28. The summed E-state index contributed by atoms with van der Waals surface area (Å²) in [6.45, 7) is 0. The maximum Gasteiger partial charge on any atom is 0.480 e. The van der Waals surface area contributed by atoms with Gasteiger partial charge in [-0.05, 0) is 0 Å². The number of carbonyl (C=O) groups excluding carboxylic acids is 1. The number of hydrogen-bond donors (Lipinski definition) is 6. The van der Waals surface area contributed by atoms with Gasteiger partial charge in [0.1, 0.15) is 0 Å². The van der Waals surface area contributed by atoms with E-state index in [1.807, 2.05) is 0 Å². The maximum absolute atomic E-state index is 11.4. The van der Waals surface area contributed by atoms with Crippen molar-refractivity contribution in [3.63, 3.8) is 0 Å². The van der Waals surface area contributed by atoms with Crippen LogP contribution in [0.5, 0.6) is 0 Å². The molecule has 0 spiro atoms. The van der Waals surface area contributed by atoms with E-state index in [9.17, 15) is 9.36 Å². The summed E-state index contributed by atoms with van der Waals surface area (Å²) in [5.41, 5.74) is -4.15. The first kappa shape index (κ1) is 15.6. The first-order valence-corrected chi connectivity index (χ1v) is 7.99. The van der Waals surface area contributed by atoms with E-state index in [1.165, 1.54) is 0 Å². The Morgan fingerprint density at radius 1 is 1.28 bits per heavy atom. The van der Waals surface area contributed by atoms with Crippen LogP contribution in [0, 0.1) is 0 Å². The van der Waals surface area contributed by atoms with Crippen molar-refractivity contribution in [2.45, 2.75) is 10.6 Å². The van der Waals surface area contributed by atoms with Crippen LogP contribution in [0.15, 0.2) is 17.3 Å². The van der Waals surface area contributed by atoms with Crippen LogP contribution in [0.4, 0.5) is 0 Å². The molecule has 9 nitrogen and oxygen atoms in total. The highest BCUT2D eigenvalue weighted by Crippen LogP contribution is 2.60. The van der Waals surface area contributed by atoms with Crippen LogP contribution in [0.1, 0.15) is 11.5 Å². The van der Waals surface area contributed by atoms with Crippen molar-refractivity contribution in [3.8, 4) is 0 Å². The molecule has 1 rings (SSSR count). The molecule has 12 heteroatoms. The molecule has 0 fully saturated rings. The minimum Gasteiger partial charge on any atom is -0.323 e. The average Bonchev–Trinajstić information content (AvgIpc) is 2.17. The van der Waals surface area contributed by atoms with Crippen LogP contribution in [-0.2, 0) is 9.36 Å². The van der Waals surface area contributed by atoms with Crippen molar-refractivity contribution < 1.29 is 33.8 Å². The molecule has 0 aliphatic carbocycles. The fourth-order valence-electron chi connectivity index (χ4n) is 1.04. The van der Waals surface area contributed by atoms with Gasteiger partial charge in [-0.2, -0.15) is 14.7 Å². The Hall–Kier alpha value is -0.440. The van der Waals surface area contributed by atoms with Gasteiger partial charge in [0, 0.05) is 17.3 Å². The molecule has 1 heterocycles. The highest BCUT2D eigenvalue weighted by atomic mass is 32.1. The van der Waals surface area contributed by atoms with Gasteiger partial charge in [0.15, 0.2) is 5.82 Å².